The predicted molar refractivity (Wildman–Crippen MR) is 116 cm³/mol. The number of thioether (sulfide) groups is 1. The number of hydrogen-bond donors (Lipinski definition) is 2. The molecule has 1 aliphatic rings. The van der Waals surface area contributed by atoms with Gasteiger partial charge in [-0.2, -0.15) is 0 Å². The molecule has 152 valence electrons. The van der Waals surface area contributed by atoms with Crippen molar-refractivity contribution in [2.45, 2.75) is 56.2 Å². The van der Waals surface area contributed by atoms with Crippen LogP contribution in [0, 0.1) is 6.92 Å². The molecule has 2 amide bonds. The number of carbonyl (C=O) groups is 1. The number of rotatable bonds is 8. The van der Waals surface area contributed by atoms with Crippen LogP contribution in [0.4, 0.5) is 10.5 Å². The Kier molecular flexibility index (Phi) is 7.45. The summed E-state index contributed by atoms with van der Waals surface area (Å²) in [6, 6.07) is 10.0. The summed E-state index contributed by atoms with van der Waals surface area (Å²) in [7, 11) is 0. The third-order valence-corrected chi connectivity index (χ3v) is 6.53. The number of carbonyl (C=O) groups excluding carboxylic acids is 1. The van der Waals surface area contributed by atoms with Crippen molar-refractivity contribution in [2.24, 2.45) is 0 Å². The Morgan fingerprint density at radius 1 is 1.29 bits per heavy atom. The minimum atomic E-state index is -0.179. The highest BCUT2D eigenvalue weighted by molar-refractivity contribution is 7.99. The first-order valence-electron chi connectivity index (χ1n) is 10.2. The molecule has 2 unspecified atom stereocenters. The van der Waals surface area contributed by atoms with Crippen LogP contribution in [0.1, 0.15) is 50.5 Å². The van der Waals surface area contributed by atoms with Crippen molar-refractivity contribution < 1.29 is 9.21 Å². The van der Waals surface area contributed by atoms with Gasteiger partial charge in [0, 0.05) is 22.4 Å². The van der Waals surface area contributed by atoms with E-state index in [2.05, 4.69) is 41.5 Å². The summed E-state index contributed by atoms with van der Waals surface area (Å²) in [4.78, 5) is 16.1. The zero-order valence-electron chi connectivity index (χ0n) is 17.0. The van der Waals surface area contributed by atoms with Crippen molar-refractivity contribution >= 4 is 23.5 Å². The Morgan fingerprint density at radius 2 is 2.07 bits per heavy atom. The number of furan rings is 1. The average Bonchev–Trinajstić information content (AvgIpc) is 3.38. The number of nitrogens with zero attached hydrogens (tertiary/aromatic N) is 1. The molecule has 28 heavy (non-hydrogen) atoms. The molecule has 1 aromatic carbocycles. The maximum absolute atomic E-state index is 12.5. The van der Waals surface area contributed by atoms with Crippen LogP contribution < -0.4 is 10.6 Å². The van der Waals surface area contributed by atoms with E-state index in [0.29, 0.717) is 11.8 Å². The molecule has 2 atom stereocenters. The summed E-state index contributed by atoms with van der Waals surface area (Å²) in [5, 5.41) is 6.60. The Bertz CT molecular complexity index is 757. The fourth-order valence-corrected chi connectivity index (χ4v) is 4.49. The lowest BCUT2D eigenvalue weighted by molar-refractivity contribution is 0.207. The van der Waals surface area contributed by atoms with E-state index in [1.54, 1.807) is 6.26 Å². The van der Waals surface area contributed by atoms with E-state index < -0.39 is 0 Å². The largest absolute Gasteiger partial charge is 0.468 e. The number of amides is 2. The number of aryl methyl sites for hydroxylation is 1. The number of urea groups is 1. The highest BCUT2D eigenvalue weighted by Gasteiger charge is 2.26. The standard InChI is InChI=1S/C22H31N3O2S/c1-4-17(3)28-18-9-10-19(16(2)14-18)24-22(26)23-15-20(21-8-7-13-27-21)25-11-5-6-12-25/h7-10,13-14,17,20H,4-6,11-12,15H2,1-3H3,(H2,23,24,26). The van der Waals surface area contributed by atoms with E-state index >= 15 is 0 Å². The van der Waals surface area contributed by atoms with Gasteiger partial charge in [0.25, 0.3) is 0 Å². The van der Waals surface area contributed by atoms with Gasteiger partial charge in [-0.25, -0.2) is 4.79 Å². The highest BCUT2D eigenvalue weighted by atomic mass is 32.2. The molecular weight excluding hydrogens is 370 g/mol. The molecule has 0 spiro atoms. The first kappa shape index (κ1) is 20.8. The van der Waals surface area contributed by atoms with E-state index in [1.807, 2.05) is 36.9 Å². The molecule has 1 aromatic heterocycles. The predicted octanol–water partition coefficient (Wildman–Crippen LogP) is 5.44. The van der Waals surface area contributed by atoms with E-state index in [0.717, 1.165) is 36.5 Å². The van der Waals surface area contributed by atoms with Crippen LogP contribution in [0.25, 0.3) is 0 Å². The summed E-state index contributed by atoms with van der Waals surface area (Å²) < 4.78 is 5.62. The molecule has 1 saturated heterocycles. The van der Waals surface area contributed by atoms with E-state index in [9.17, 15) is 4.79 Å². The summed E-state index contributed by atoms with van der Waals surface area (Å²) >= 11 is 1.87. The van der Waals surface area contributed by atoms with Crippen LogP contribution in [0.3, 0.4) is 0 Å². The lowest BCUT2D eigenvalue weighted by Crippen LogP contribution is -2.38. The third-order valence-electron chi connectivity index (χ3n) is 5.27. The normalized spacial score (nSPS) is 16.7. The van der Waals surface area contributed by atoms with Gasteiger partial charge in [-0.05, 0) is 75.2 Å². The SMILES string of the molecule is CCC(C)Sc1ccc(NC(=O)NCC(c2ccco2)N2CCCC2)c(C)c1. The van der Waals surface area contributed by atoms with Gasteiger partial charge in [-0.15, -0.1) is 11.8 Å². The van der Waals surface area contributed by atoms with Crippen molar-refractivity contribution in [3.05, 3.63) is 47.9 Å². The lowest BCUT2D eigenvalue weighted by Gasteiger charge is -2.26. The topological polar surface area (TPSA) is 57.5 Å². The van der Waals surface area contributed by atoms with Gasteiger partial charge in [0.2, 0.25) is 0 Å². The molecule has 6 heteroatoms. The molecule has 0 bridgehead atoms. The van der Waals surface area contributed by atoms with Gasteiger partial charge in [-0.1, -0.05) is 13.8 Å². The molecule has 0 radical (unpaired) electrons. The first-order valence-corrected chi connectivity index (χ1v) is 11.0. The minimum absolute atomic E-state index is 0.0821. The minimum Gasteiger partial charge on any atom is -0.468 e. The monoisotopic (exact) mass is 401 g/mol. The van der Waals surface area contributed by atoms with Crippen LogP contribution in [0.15, 0.2) is 45.9 Å². The summed E-state index contributed by atoms with van der Waals surface area (Å²) in [5.41, 5.74) is 1.92. The van der Waals surface area contributed by atoms with Crippen LogP contribution in [0.2, 0.25) is 0 Å². The Hall–Kier alpha value is -1.92. The second kappa shape index (κ2) is 10.0. The molecule has 1 fully saturated rings. The zero-order chi connectivity index (χ0) is 19.9. The quantitative estimate of drug-likeness (QED) is 0.579. The van der Waals surface area contributed by atoms with Gasteiger partial charge >= 0.3 is 6.03 Å². The van der Waals surface area contributed by atoms with Crippen LogP contribution >= 0.6 is 11.8 Å². The van der Waals surface area contributed by atoms with E-state index in [1.165, 1.54) is 17.7 Å². The Labute approximate surface area is 172 Å². The van der Waals surface area contributed by atoms with Gasteiger partial charge in [0.1, 0.15) is 5.76 Å². The third kappa shape index (κ3) is 5.55. The zero-order valence-corrected chi connectivity index (χ0v) is 17.8. The smallest absolute Gasteiger partial charge is 0.319 e. The number of benzene rings is 1. The second-order valence-corrected chi connectivity index (χ2v) is 8.93. The molecule has 2 aromatic rings. The maximum atomic E-state index is 12.5. The summed E-state index contributed by atoms with van der Waals surface area (Å²) in [6.07, 6.45) is 5.23. The number of hydrogen-bond acceptors (Lipinski definition) is 4. The number of nitrogens with one attached hydrogen (secondary N) is 2. The van der Waals surface area contributed by atoms with E-state index in [4.69, 9.17) is 4.42 Å². The van der Waals surface area contributed by atoms with Crippen molar-refractivity contribution in [2.75, 3.05) is 25.0 Å². The molecule has 0 saturated carbocycles. The van der Waals surface area contributed by atoms with Gasteiger partial charge < -0.3 is 15.1 Å². The second-order valence-electron chi connectivity index (χ2n) is 7.42. The molecular formula is C22H31N3O2S. The molecule has 1 aliphatic heterocycles. The lowest BCUT2D eigenvalue weighted by atomic mass is 10.2. The van der Waals surface area contributed by atoms with Gasteiger partial charge in [0.05, 0.1) is 12.3 Å². The van der Waals surface area contributed by atoms with Crippen molar-refractivity contribution in [1.82, 2.24) is 10.2 Å². The van der Waals surface area contributed by atoms with Crippen molar-refractivity contribution in [3.8, 4) is 0 Å². The number of likely N-dealkylation sites (tertiary alicyclic amines) is 1. The van der Waals surface area contributed by atoms with Crippen LogP contribution in [0.5, 0.6) is 0 Å². The Morgan fingerprint density at radius 3 is 2.71 bits per heavy atom. The fraction of sp³-hybridized carbons (Fsp3) is 0.500. The summed E-state index contributed by atoms with van der Waals surface area (Å²) in [5.74, 6) is 0.907. The average molecular weight is 402 g/mol. The molecule has 3 rings (SSSR count). The number of anilines is 1. The van der Waals surface area contributed by atoms with Crippen molar-refractivity contribution in [1.29, 1.82) is 0 Å². The molecule has 5 nitrogen and oxygen atoms in total. The van der Waals surface area contributed by atoms with E-state index in [-0.39, 0.29) is 12.1 Å². The fourth-order valence-electron chi connectivity index (χ4n) is 3.47. The van der Waals surface area contributed by atoms with Crippen molar-refractivity contribution in [3.63, 3.8) is 0 Å². The molecule has 2 N–H and O–H groups in total. The van der Waals surface area contributed by atoms with Crippen LogP contribution in [-0.4, -0.2) is 35.8 Å². The first-order chi connectivity index (χ1) is 13.6. The van der Waals surface area contributed by atoms with Gasteiger partial charge in [0.15, 0.2) is 0 Å². The highest BCUT2D eigenvalue weighted by Crippen LogP contribution is 2.29. The molecule has 2 heterocycles. The molecule has 0 aliphatic carbocycles. The van der Waals surface area contributed by atoms with Crippen LogP contribution in [-0.2, 0) is 0 Å². The maximum Gasteiger partial charge on any atom is 0.319 e. The van der Waals surface area contributed by atoms with Gasteiger partial charge in [-0.3, -0.25) is 4.90 Å². The summed E-state index contributed by atoms with van der Waals surface area (Å²) in [6.45, 7) is 9.08. The Balaban J connectivity index is 1.57.